The zero-order chi connectivity index (χ0) is 50.2. The number of unbranched alkanes of at least 4 members (excludes halogenated alkanes) is 1. The number of thioether (sulfide) groups is 1. The number of aromatic amines is 1. The molecule has 2 aromatic rings. The molecule has 1 fully saturated rings. The number of carboxylic acids is 1. The predicted octanol–water partition coefficient (Wildman–Crippen LogP) is -2.24. The summed E-state index contributed by atoms with van der Waals surface area (Å²) in [6.07, 6.45) is 6.40. The molecule has 1 aromatic carbocycles. The Balaban J connectivity index is 1.81. The van der Waals surface area contributed by atoms with Gasteiger partial charge in [-0.2, -0.15) is 11.8 Å². The van der Waals surface area contributed by atoms with Gasteiger partial charge in [-0.3, -0.25) is 39.0 Å². The van der Waals surface area contributed by atoms with Crippen molar-refractivity contribution >= 4 is 75.9 Å². The first-order valence-corrected chi connectivity index (χ1v) is 24.3. The van der Waals surface area contributed by atoms with Crippen molar-refractivity contribution in [2.24, 2.45) is 17.4 Å². The van der Waals surface area contributed by atoms with Crippen molar-refractivity contribution in [1.82, 2.24) is 52.8 Å². The normalized spacial score (nSPS) is 16.0. The van der Waals surface area contributed by atoms with E-state index in [1.54, 1.807) is 18.5 Å². The predicted molar refractivity (Wildman–Crippen MR) is 257 cm³/mol. The molecule has 7 amide bonds. The summed E-state index contributed by atoms with van der Waals surface area (Å²) in [7, 11) is 0. The second-order valence-corrected chi connectivity index (χ2v) is 18.0. The third kappa shape index (κ3) is 19.3. The number of rotatable bonds is 31. The molecule has 2 heterocycles. The quantitative estimate of drug-likeness (QED) is 0.0216. The summed E-state index contributed by atoms with van der Waals surface area (Å²) >= 11 is 1.40. The Labute approximate surface area is 400 Å². The number of guanidine groups is 1. The zero-order valence-corrected chi connectivity index (χ0v) is 39.9. The van der Waals surface area contributed by atoms with Gasteiger partial charge in [-0.1, -0.05) is 32.0 Å². The Kier molecular flexibility index (Phi) is 24.6. The van der Waals surface area contributed by atoms with E-state index in [0.29, 0.717) is 50.1 Å². The summed E-state index contributed by atoms with van der Waals surface area (Å²) in [5.41, 5.74) is 12.3. The van der Waals surface area contributed by atoms with Gasteiger partial charge in [0, 0.05) is 30.1 Å². The fourth-order valence-corrected chi connectivity index (χ4v) is 7.96. The lowest BCUT2D eigenvalue weighted by Crippen LogP contribution is -2.60. The van der Waals surface area contributed by atoms with Gasteiger partial charge in [-0.15, -0.1) is 0 Å². The molecule has 0 aliphatic carbocycles. The van der Waals surface area contributed by atoms with Crippen LogP contribution in [0.5, 0.6) is 0 Å². The van der Waals surface area contributed by atoms with E-state index in [0.717, 1.165) is 17.3 Å². The van der Waals surface area contributed by atoms with E-state index in [1.165, 1.54) is 11.8 Å². The van der Waals surface area contributed by atoms with Crippen molar-refractivity contribution < 1.29 is 48.6 Å². The number of carbonyl (C=O) groups excluding carboxylic acids is 7. The number of nitrogens with one attached hydrogen (secondary N) is 11. The highest BCUT2D eigenvalue weighted by Gasteiger charge is 2.34. The first kappa shape index (κ1) is 56.3. The molecule has 17 N–H and O–H groups in total. The molecule has 378 valence electrons. The Morgan fingerprint density at radius 2 is 1.43 bits per heavy atom. The number of nitrogens with two attached hydrogens (primary N) is 2. The number of hydrogen-bond donors (Lipinski definition) is 15. The number of aliphatic hydroxyl groups is 1. The summed E-state index contributed by atoms with van der Waals surface area (Å²) in [6, 6.07) is -0.975. The number of aliphatic hydroxyl groups excluding tert-OH is 1. The van der Waals surface area contributed by atoms with Crippen LogP contribution in [0, 0.1) is 11.3 Å². The highest BCUT2D eigenvalue weighted by atomic mass is 32.2. The summed E-state index contributed by atoms with van der Waals surface area (Å²) in [5.74, 6) is -6.24. The van der Waals surface area contributed by atoms with Gasteiger partial charge in [-0.05, 0) is 100 Å². The molecule has 1 aliphatic heterocycles. The Bertz CT molecular complexity index is 2010. The van der Waals surface area contributed by atoms with Crippen LogP contribution in [-0.4, -0.2) is 156 Å². The Hall–Kier alpha value is -5.98. The average Bonchev–Trinajstić information content (AvgIpc) is 4.00. The van der Waals surface area contributed by atoms with Gasteiger partial charge >= 0.3 is 5.97 Å². The number of para-hydroxylation sites is 1. The molecule has 0 spiro atoms. The van der Waals surface area contributed by atoms with Gasteiger partial charge in [0.15, 0.2) is 5.96 Å². The van der Waals surface area contributed by atoms with E-state index in [4.69, 9.17) is 16.9 Å². The highest BCUT2D eigenvalue weighted by Crippen LogP contribution is 2.20. The van der Waals surface area contributed by atoms with Gasteiger partial charge in [0.25, 0.3) is 0 Å². The number of carbonyl (C=O) groups is 8. The van der Waals surface area contributed by atoms with Crippen LogP contribution in [-0.2, 0) is 44.8 Å². The standard InChI is InChI=1S/C44H71N13O10S/c1-25(2)20-33(55-38(61)29-13-8-17-48-29)37(60)51-23-36(59)52-31(15-19-68-3)40(63)56-34(21-26-22-50-28-11-5-4-10-27(26)28)41(64)57-35(24-58)42(65)53-30(14-9-18-49-44(46)47)39(62)54-32(43(66)67)12-6-7-16-45/h4-5,10-11,22,25,29-35,48,50,58H,6-9,12-21,23-24,45H2,1-3H3,(H,51,60)(H,52,59)(H,53,65)(H,54,62)(H,55,61)(H,56,63)(H,57,64)(H,66,67)(H4,46,47,49)/t29-,30-,31-,32-,33-,34-,35-/m0/s1. The van der Waals surface area contributed by atoms with Crippen LogP contribution >= 0.6 is 11.8 Å². The van der Waals surface area contributed by atoms with Crippen LogP contribution in [0.15, 0.2) is 30.5 Å². The van der Waals surface area contributed by atoms with E-state index >= 15 is 0 Å². The van der Waals surface area contributed by atoms with Crippen molar-refractivity contribution in [3.05, 3.63) is 36.0 Å². The number of amides is 7. The van der Waals surface area contributed by atoms with Crippen molar-refractivity contribution in [3.8, 4) is 0 Å². The maximum Gasteiger partial charge on any atom is 0.326 e. The molecule has 1 aliphatic rings. The number of carboxylic acid groups (broad SMARTS) is 1. The summed E-state index contributed by atoms with van der Waals surface area (Å²) in [5, 5.41) is 52.1. The van der Waals surface area contributed by atoms with Crippen molar-refractivity contribution in [2.45, 2.75) is 120 Å². The number of aliphatic carboxylic acids is 1. The number of aromatic nitrogens is 1. The topological polar surface area (TPSA) is 377 Å². The largest absolute Gasteiger partial charge is 0.480 e. The van der Waals surface area contributed by atoms with Gasteiger partial charge in [0.1, 0.15) is 36.3 Å². The van der Waals surface area contributed by atoms with Gasteiger partial charge in [-0.25, -0.2) is 4.79 Å². The average molecular weight is 974 g/mol. The number of benzene rings is 1. The molecular formula is C44H71N13O10S. The minimum atomic E-state index is -1.66. The summed E-state index contributed by atoms with van der Waals surface area (Å²) < 4.78 is 0. The second kappa shape index (κ2) is 29.7. The molecule has 0 bridgehead atoms. The summed E-state index contributed by atoms with van der Waals surface area (Å²) in [4.78, 5) is 110. The van der Waals surface area contributed by atoms with Crippen molar-refractivity contribution in [2.75, 3.05) is 44.8 Å². The lowest BCUT2D eigenvalue weighted by atomic mass is 10.0. The van der Waals surface area contributed by atoms with E-state index in [2.05, 4.69) is 52.8 Å². The third-order valence-corrected chi connectivity index (χ3v) is 11.8. The molecule has 1 saturated heterocycles. The van der Waals surface area contributed by atoms with E-state index in [1.807, 2.05) is 32.0 Å². The lowest BCUT2D eigenvalue weighted by molar-refractivity contribution is -0.142. The van der Waals surface area contributed by atoms with Crippen LogP contribution in [0.25, 0.3) is 10.9 Å². The molecule has 0 unspecified atom stereocenters. The molecule has 3 rings (SSSR count). The van der Waals surface area contributed by atoms with Crippen LogP contribution < -0.4 is 59.3 Å². The van der Waals surface area contributed by atoms with Crippen molar-refractivity contribution in [3.63, 3.8) is 0 Å². The summed E-state index contributed by atoms with van der Waals surface area (Å²) in [6.45, 7) is 3.49. The first-order valence-electron chi connectivity index (χ1n) is 23.0. The molecule has 1 aromatic heterocycles. The molecule has 7 atom stereocenters. The van der Waals surface area contributed by atoms with E-state index < -0.39 is 96.9 Å². The maximum absolute atomic E-state index is 14.2. The van der Waals surface area contributed by atoms with E-state index in [9.17, 15) is 48.6 Å². The Morgan fingerprint density at radius 1 is 0.794 bits per heavy atom. The van der Waals surface area contributed by atoms with Crippen LogP contribution in [0.4, 0.5) is 0 Å². The first-order chi connectivity index (χ1) is 32.5. The van der Waals surface area contributed by atoms with Gasteiger partial charge < -0.3 is 74.5 Å². The Morgan fingerprint density at radius 3 is 2.06 bits per heavy atom. The highest BCUT2D eigenvalue weighted by molar-refractivity contribution is 7.98. The fourth-order valence-electron chi connectivity index (χ4n) is 7.49. The third-order valence-electron chi connectivity index (χ3n) is 11.1. The van der Waals surface area contributed by atoms with Crippen molar-refractivity contribution in [1.29, 1.82) is 5.41 Å². The second-order valence-electron chi connectivity index (χ2n) is 17.1. The SMILES string of the molecule is CSCC[C@H](NC(=O)CNC(=O)[C@H](CC(C)C)NC(=O)[C@@H]1CCCN1)C(=O)N[C@@H](Cc1c[nH]c2ccccc12)C(=O)N[C@@H](CO)C(=O)N[C@@H](CCCNC(=N)N)C(=O)N[C@@H](CCCCN)C(=O)O. The van der Waals surface area contributed by atoms with Gasteiger partial charge in [0.05, 0.1) is 19.2 Å². The van der Waals surface area contributed by atoms with Gasteiger partial charge in [0.2, 0.25) is 41.4 Å². The van der Waals surface area contributed by atoms with E-state index in [-0.39, 0.29) is 56.4 Å². The molecule has 24 heteroatoms. The minimum absolute atomic E-state index is 0.0401. The molecule has 0 saturated carbocycles. The number of H-pyrrole nitrogens is 1. The molecule has 23 nitrogen and oxygen atoms in total. The maximum atomic E-state index is 14.2. The van der Waals surface area contributed by atoms with Crippen LogP contribution in [0.3, 0.4) is 0 Å². The number of hydrogen-bond acceptors (Lipinski definition) is 13. The zero-order valence-electron chi connectivity index (χ0n) is 39.0. The smallest absolute Gasteiger partial charge is 0.326 e. The number of fused-ring (bicyclic) bond motifs is 1. The molecule has 0 radical (unpaired) electrons. The molecular weight excluding hydrogens is 903 g/mol. The van der Waals surface area contributed by atoms with Crippen LogP contribution in [0.2, 0.25) is 0 Å². The minimum Gasteiger partial charge on any atom is -0.480 e. The fraction of sp³-hybridized carbons (Fsp3) is 0.614. The monoisotopic (exact) mass is 974 g/mol. The van der Waals surface area contributed by atoms with Crippen LogP contribution in [0.1, 0.15) is 77.2 Å². The lowest BCUT2D eigenvalue weighted by Gasteiger charge is -2.26. The molecule has 68 heavy (non-hydrogen) atoms.